The number of hydrogen-bond acceptors (Lipinski definition) is 2. The van der Waals surface area contributed by atoms with Gasteiger partial charge in [-0.15, -0.1) is 0 Å². The molecule has 0 spiro atoms. The fraction of sp³-hybridized carbons (Fsp3) is 0.882. The number of carbonyl (C=O) groups is 2. The molecule has 126 valence electrons. The maximum atomic E-state index is 13.8. The van der Waals surface area contributed by atoms with E-state index < -0.39 is 28.9 Å². The van der Waals surface area contributed by atoms with E-state index in [0.29, 0.717) is 25.7 Å². The quantitative estimate of drug-likeness (QED) is 0.530. The molecule has 0 radical (unpaired) electrons. The topological polar surface area (TPSA) is 74.6 Å². The van der Waals surface area contributed by atoms with E-state index in [4.69, 9.17) is 10.2 Å². The van der Waals surface area contributed by atoms with E-state index in [1.807, 2.05) is 0 Å². The lowest BCUT2D eigenvalue weighted by Crippen LogP contribution is -2.15. The van der Waals surface area contributed by atoms with Crippen LogP contribution in [0.4, 0.5) is 4.39 Å². The van der Waals surface area contributed by atoms with Crippen LogP contribution in [0, 0.1) is 10.8 Å². The van der Waals surface area contributed by atoms with Crippen LogP contribution >= 0.6 is 0 Å². The van der Waals surface area contributed by atoms with Crippen molar-refractivity contribution in [2.45, 2.75) is 83.2 Å². The van der Waals surface area contributed by atoms with Gasteiger partial charge in [0, 0.05) is 0 Å². The molecule has 0 aromatic rings. The summed E-state index contributed by atoms with van der Waals surface area (Å²) in [5, 5.41) is 18.1. The fourth-order valence-corrected chi connectivity index (χ4v) is 3.25. The SMILES string of the molecule is O=C(O)C1(CCCCC(F)CCCCC2(C(=O)O)CC2)CC1. The molecular formula is C17H27FO4. The minimum atomic E-state index is -0.833. The molecular weight excluding hydrogens is 287 g/mol. The van der Waals surface area contributed by atoms with Crippen LogP contribution in [-0.2, 0) is 9.59 Å². The Morgan fingerprint density at radius 3 is 1.45 bits per heavy atom. The number of alkyl halides is 1. The van der Waals surface area contributed by atoms with Gasteiger partial charge in [0.25, 0.3) is 0 Å². The van der Waals surface area contributed by atoms with Crippen molar-refractivity contribution < 1.29 is 24.2 Å². The summed E-state index contributed by atoms with van der Waals surface area (Å²) in [6, 6.07) is 0. The van der Waals surface area contributed by atoms with Crippen LogP contribution in [0.15, 0.2) is 0 Å². The summed E-state index contributed by atoms with van der Waals surface area (Å²) in [4.78, 5) is 22.0. The lowest BCUT2D eigenvalue weighted by atomic mass is 9.96. The second-order valence-corrected chi connectivity index (χ2v) is 7.26. The van der Waals surface area contributed by atoms with Crippen LogP contribution in [0.25, 0.3) is 0 Å². The molecule has 0 heterocycles. The standard InChI is InChI=1S/C17H27FO4/c18-13(5-1-3-7-16(9-10-16)14(19)20)6-2-4-8-17(11-12-17)15(21)22/h13H,1-12H2,(H,19,20)(H,21,22). The molecule has 2 rings (SSSR count). The van der Waals surface area contributed by atoms with Crippen LogP contribution in [0.1, 0.15) is 77.0 Å². The Labute approximate surface area is 131 Å². The van der Waals surface area contributed by atoms with Crippen LogP contribution in [0.3, 0.4) is 0 Å². The first-order valence-corrected chi connectivity index (χ1v) is 8.51. The lowest BCUT2D eigenvalue weighted by molar-refractivity contribution is -0.144. The van der Waals surface area contributed by atoms with Gasteiger partial charge in [0.05, 0.1) is 10.8 Å². The highest BCUT2D eigenvalue weighted by atomic mass is 19.1. The monoisotopic (exact) mass is 314 g/mol. The molecule has 0 aromatic carbocycles. The summed E-state index contributed by atoms with van der Waals surface area (Å²) >= 11 is 0. The molecule has 22 heavy (non-hydrogen) atoms. The molecule has 2 aliphatic carbocycles. The van der Waals surface area contributed by atoms with E-state index in [9.17, 15) is 14.0 Å². The maximum Gasteiger partial charge on any atom is 0.309 e. The number of rotatable bonds is 12. The highest BCUT2D eigenvalue weighted by Crippen LogP contribution is 2.51. The summed E-state index contributed by atoms with van der Waals surface area (Å²) in [5.74, 6) is -1.39. The number of aliphatic carboxylic acids is 2. The van der Waals surface area contributed by atoms with Gasteiger partial charge in [-0.25, -0.2) is 4.39 Å². The molecule has 0 amide bonds. The number of carboxylic acid groups (broad SMARTS) is 2. The number of hydrogen-bond donors (Lipinski definition) is 2. The molecule has 0 aromatic heterocycles. The zero-order valence-electron chi connectivity index (χ0n) is 13.2. The Kier molecular flexibility index (Phi) is 5.45. The van der Waals surface area contributed by atoms with E-state index >= 15 is 0 Å². The molecule has 2 fully saturated rings. The first kappa shape index (κ1) is 17.2. The van der Waals surface area contributed by atoms with Gasteiger partial charge in [-0.1, -0.05) is 25.7 Å². The first-order chi connectivity index (χ1) is 10.4. The van der Waals surface area contributed by atoms with E-state index in [0.717, 1.165) is 51.4 Å². The van der Waals surface area contributed by atoms with Gasteiger partial charge >= 0.3 is 11.9 Å². The molecule has 2 N–H and O–H groups in total. The van der Waals surface area contributed by atoms with Crippen LogP contribution < -0.4 is 0 Å². The Hall–Kier alpha value is -1.13. The zero-order valence-corrected chi connectivity index (χ0v) is 13.2. The summed E-state index contributed by atoms with van der Waals surface area (Å²) in [7, 11) is 0. The van der Waals surface area contributed by atoms with Gasteiger partial charge in [-0.3, -0.25) is 9.59 Å². The van der Waals surface area contributed by atoms with Gasteiger partial charge in [0.1, 0.15) is 6.17 Å². The molecule has 2 aliphatic rings. The third-order valence-corrected chi connectivity index (χ3v) is 5.46. The van der Waals surface area contributed by atoms with Gasteiger partial charge in [0.15, 0.2) is 0 Å². The zero-order chi connectivity index (χ0) is 16.2. The normalized spacial score (nSPS) is 20.8. The highest BCUT2D eigenvalue weighted by molar-refractivity contribution is 5.78. The maximum absolute atomic E-state index is 13.8. The average Bonchev–Trinajstić information content (AvgIpc) is 3.35. The van der Waals surface area contributed by atoms with Gasteiger partial charge in [-0.05, 0) is 51.4 Å². The largest absolute Gasteiger partial charge is 0.481 e. The molecule has 0 saturated heterocycles. The summed E-state index contributed by atoms with van der Waals surface area (Å²) in [5.41, 5.74) is -0.970. The minimum absolute atomic E-state index is 0.485. The third kappa shape index (κ3) is 4.43. The summed E-state index contributed by atoms with van der Waals surface area (Å²) < 4.78 is 13.8. The van der Waals surface area contributed by atoms with Crippen molar-refractivity contribution in [1.29, 1.82) is 0 Å². The van der Waals surface area contributed by atoms with E-state index in [2.05, 4.69) is 0 Å². The summed E-state index contributed by atoms with van der Waals surface area (Å²) in [6.45, 7) is 0. The molecule has 0 bridgehead atoms. The number of carboxylic acids is 2. The Balaban J connectivity index is 1.47. The smallest absolute Gasteiger partial charge is 0.309 e. The molecule has 0 atom stereocenters. The van der Waals surface area contributed by atoms with Crippen molar-refractivity contribution in [2.24, 2.45) is 10.8 Å². The first-order valence-electron chi connectivity index (χ1n) is 8.51. The highest BCUT2D eigenvalue weighted by Gasteiger charge is 2.49. The van der Waals surface area contributed by atoms with Crippen molar-refractivity contribution in [1.82, 2.24) is 0 Å². The minimum Gasteiger partial charge on any atom is -0.481 e. The molecule has 4 nitrogen and oxygen atoms in total. The average molecular weight is 314 g/mol. The van der Waals surface area contributed by atoms with Gasteiger partial charge in [0.2, 0.25) is 0 Å². The second kappa shape index (κ2) is 6.97. The number of halogens is 1. The molecule has 0 unspecified atom stereocenters. The molecule has 2 saturated carbocycles. The number of unbranched alkanes of at least 4 members (excludes halogenated alkanes) is 2. The van der Waals surface area contributed by atoms with Gasteiger partial charge < -0.3 is 10.2 Å². The van der Waals surface area contributed by atoms with Crippen molar-refractivity contribution in [2.75, 3.05) is 0 Å². The van der Waals surface area contributed by atoms with Crippen molar-refractivity contribution in [3.05, 3.63) is 0 Å². The predicted octanol–water partition coefficient (Wildman–Crippen LogP) is 4.17. The Morgan fingerprint density at radius 1 is 0.818 bits per heavy atom. The fourth-order valence-electron chi connectivity index (χ4n) is 3.25. The van der Waals surface area contributed by atoms with E-state index in [1.165, 1.54) is 0 Å². The lowest BCUT2D eigenvalue weighted by Gasteiger charge is -2.12. The van der Waals surface area contributed by atoms with Crippen LogP contribution in [0.2, 0.25) is 0 Å². The van der Waals surface area contributed by atoms with Crippen molar-refractivity contribution in [3.8, 4) is 0 Å². The Morgan fingerprint density at radius 2 is 1.18 bits per heavy atom. The van der Waals surface area contributed by atoms with E-state index in [-0.39, 0.29) is 0 Å². The molecule has 5 heteroatoms. The van der Waals surface area contributed by atoms with Crippen LogP contribution in [0.5, 0.6) is 0 Å². The predicted molar refractivity (Wildman–Crippen MR) is 80.4 cm³/mol. The van der Waals surface area contributed by atoms with Gasteiger partial charge in [-0.2, -0.15) is 0 Å². The summed E-state index contributed by atoms with van der Waals surface area (Å²) in [6.07, 6.45) is 7.67. The van der Waals surface area contributed by atoms with Crippen LogP contribution in [-0.4, -0.2) is 28.3 Å². The van der Waals surface area contributed by atoms with Crippen molar-refractivity contribution >= 4 is 11.9 Å². The van der Waals surface area contributed by atoms with E-state index in [1.54, 1.807) is 0 Å². The van der Waals surface area contributed by atoms with Crippen molar-refractivity contribution in [3.63, 3.8) is 0 Å². The second-order valence-electron chi connectivity index (χ2n) is 7.26. The Bertz CT molecular complexity index is 375. The molecule has 0 aliphatic heterocycles. The third-order valence-electron chi connectivity index (χ3n) is 5.46.